The standard InChI is InChI=1S/C29H38N4O5/c1-6-7-17-31-26(35)25(23-11-9-8-10-20(23)2)33(18-16-30)27(36)24(32-28(37)38-29(3,4)5)19-21-12-14-22(34)15-13-21/h8-15,24-25,34H,6-7,17-19H2,1-5H3,(H,31,35)(H,32,37). The van der Waals surface area contributed by atoms with Crippen molar-refractivity contribution in [1.82, 2.24) is 15.5 Å². The smallest absolute Gasteiger partial charge is 0.408 e. The van der Waals surface area contributed by atoms with Crippen molar-refractivity contribution in [1.29, 1.82) is 5.26 Å². The van der Waals surface area contributed by atoms with E-state index >= 15 is 0 Å². The molecule has 0 spiro atoms. The van der Waals surface area contributed by atoms with Crippen molar-refractivity contribution in [3.8, 4) is 11.8 Å². The topological polar surface area (TPSA) is 132 Å². The van der Waals surface area contributed by atoms with Crippen LogP contribution in [-0.4, -0.2) is 52.6 Å². The lowest BCUT2D eigenvalue weighted by atomic mass is 9.97. The Morgan fingerprint density at radius 2 is 1.76 bits per heavy atom. The van der Waals surface area contributed by atoms with E-state index in [1.807, 2.05) is 32.0 Å². The first kappa shape index (κ1) is 30.2. The van der Waals surface area contributed by atoms with Crippen LogP contribution in [0.2, 0.25) is 0 Å². The molecule has 38 heavy (non-hydrogen) atoms. The van der Waals surface area contributed by atoms with Crippen molar-refractivity contribution < 1.29 is 24.2 Å². The highest BCUT2D eigenvalue weighted by molar-refractivity contribution is 5.92. The van der Waals surface area contributed by atoms with E-state index in [9.17, 15) is 24.8 Å². The van der Waals surface area contributed by atoms with Crippen LogP contribution in [0, 0.1) is 18.3 Å². The van der Waals surface area contributed by atoms with E-state index in [1.165, 1.54) is 17.0 Å². The zero-order valence-corrected chi connectivity index (χ0v) is 22.8. The molecular formula is C29H38N4O5. The lowest BCUT2D eigenvalue weighted by Gasteiger charge is -2.33. The van der Waals surface area contributed by atoms with Gasteiger partial charge in [-0.2, -0.15) is 5.26 Å². The van der Waals surface area contributed by atoms with Gasteiger partial charge in [-0.1, -0.05) is 49.7 Å². The summed E-state index contributed by atoms with van der Waals surface area (Å²) in [6.45, 7) is 9.03. The third-order valence-corrected chi connectivity index (χ3v) is 5.76. The van der Waals surface area contributed by atoms with E-state index in [4.69, 9.17) is 4.74 Å². The molecule has 0 aliphatic rings. The van der Waals surface area contributed by atoms with Crippen LogP contribution < -0.4 is 10.6 Å². The van der Waals surface area contributed by atoms with E-state index in [-0.39, 0.29) is 18.7 Å². The number of nitrogens with one attached hydrogen (secondary N) is 2. The van der Waals surface area contributed by atoms with Crippen LogP contribution in [0.1, 0.15) is 63.3 Å². The molecule has 204 valence electrons. The summed E-state index contributed by atoms with van der Waals surface area (Å²) in [6.07, 6.45) is 0.900. The summed E-state index contributed by atoms with van der Waals surface area (Å²) in [5.74, 6) is -0.951. The van der Waals surface area contributed by atoms with Crippen LogP contribution in [0.15, 0.2) is 48.5 Å². The normalized spacial score (nSPS) is 12.5. The minimum atomic E-state index is -1.14. The number of amides is 3. The molecule has 9 heteroatoms. The highest BCUT2D eigenvalue weighted by Crippen LogP contribution is 2.26. The number of hydrogen-bond acceptors (Lipinski definition) is 6. The number of aryl methyl sites for hydroxylation is 1. The predicted octanol–water partition coefficient (Wildman–Crippen LogP) is 4.15. The van der Waals surface area contributed by atoms with Crippen molar-refractivity contribution in [3.63, 3.8) is 0 Å². The van der Waals surface area contributed by atoms with E-state index in [2.05, 4.69) is 10.6 Å². The summed E-state index contributed by atoms with van der Waals surface area (Å²) in [5.41, 5.74) is 1.24. The fourth-order valence-electron chi connectivity index (χ4n) is 3.92. The lowest BCUT2D eigenvalue weighted by Crippen LogP contribution is -2.54. The molecule has 0 saturated heterocycles. The number of carbonyl (C=O) groups is 3. The molecule has 9 nitrogen and oxygen atoms in total. The second kappa shape index (κ2) is 14.0. The molecule has 2 rings (SSSR count). The first-order chi connectivity index (χ1) is 18.0. The molecule has 0 aromatic heterocycles. The van der Waals surface area contributed by atoms with Gasteiger partial charge < -0.3 is 25.4 Å². The maximum absolute atomic E-state index is 14.0. The molecule has 0 saturated carbocycles. The van der Waals surface area contributed by atoms with Crippen LogP contribution in [0.25, 0.3) is 0 Å². The Balaban J connectivity index is 2.51. The molecule has 0 heterocycles. The fourth-order valence-corrected chi connectivity index (χ4v) is 3.92. The Labute approximate surface area is 224 Å². The van der Waals surface area contributed by atoms with Crippen LogP contribution in [0.3, 0.4) is 0 Å². The molecular weight excluding hydrogens is 484 g/mol. The number of nitrogens with zero attached hydrogens (tertiary/aromatic N) is 2. The lowest BCUT2D eigenvalue weighted by molar-refractivity contribution is -0.141. The zero-order chi connectivity index (χ0) is 28.3. The summed E-state index contributed by atoms with van der Waals surface area (Å²) in [6, 6.07) is 13.2. The highest BCUT2D eigenvalue weighted by atomic mass is 16.6. The molecule has 0 radical (unpaired) electrons. The van der Waals surface area contributed by atoms with E-state index in [1.54, 1.807) is 45.0 Å². The summed E-state index contributed by atoms with van der Waals surface area (Å²) in [5, 5.41) is 24.8. The molecule has 3 N–H and O–H groups in total. The third kappa shape index (κ3) is 9.11. The van der Waals surface area contributed by atoms with Gasteiger partial charge in [0.25, 0.3) is 0 Å². The summed E-state index contributed by atoms with van der Waals surface area (Å²) >= 11 is 0. The first-order valence-electron chi connectivity index (χ1n) is 12.7. The third-order valence-electron chi connectivity index (χ3n) is 5.76. The Hall–Kier alpha value is -4.06. The molecule has 0 fully saturated rings. The van der Waals surface area contributed by atoms with Crippen LogP contribution in [-0.2, 0) is 20.7 Å². The summed E-state index contributed by atoms with van der Waals surface area (Å²) < 4.78 is 5.39. The van der Waals surface area contributed by atoms with Crippen LogP contribution >= 0.6 is 0 Å². The van der Waals surface area contributed by atoms with Crippen LogP contribution in [0.4, 0.5) is 4.79 Å². The van der Waals surface area contributed by atoms with Gasteiger partial charge in [0.05, 0.1) is 6.07 Å². The average molecular weight is 523 g/mol. The highest BCUT2D eigenvalue weighted by Gasteiger charge is 2.36. The molecule has 0 aliphatic heterocycles. The maximum atomic E-state index is 14.0. The molecule has 0 aliphatic carbocycles. The monoisotopic (exact) mass is 522 g/mol. The van der Waals surface area contributed by atoms with Gasteiger partial charge >= 0.3 is 6.09 Å². The predicted molar refractivity (Wildman–Crippen MR) is 144 cm³/mol. The number of carbonyl (C=O) groups excluding carboxylic acids is 3. The molecule has 2 unspecified atom stereocenters. The van der Waals surface area contributed by atoms with Gasteiger partial charge in [-0.15, -0.1) is 0 Å². The van der Waals surface area contributed by atoms with Gasteiger partial charge in [-0.05, 0) is 62.9 Å². The number of hydrogen-bond donors (Lipinski definition) is 3. The number of phenolic OH excluding ortho intramolecular Hbond substituents is 1. The van der Waals surface area contributed by atoms with Crippen molar-refractivity contribution in [2.45, 2.75) is 71.6 Å². The first-order valence-corrected chi connectivity index (χ1v) is 12.7. The van der Waals surface area contributed by atoms with Crippen molar-refractivity contribution >= 4 is 17.9 Å². The number of aromatic hydroxyl groups is 1. The van der Waals surface area contributed by atoms with Gasteiger partial charge in [0, 0.05) is 13.0 Å². The molecule has 2 aromatic carbocycles. The van der Waals surface area contributed by atoms with Crippen LogP contribution in [0.5, 0.6) is 5.75 Å². The minimum absolute atomic E-state index is 0.0538. The number of rotatable bonds is 11. The molecule has 2 atom stereocenters. The van der Waals surface area contributed by atoms with Gasteiger partial charge in [0.15, 0.2) is 0 Å². The number of ether oxygens (including phenoxy) is 1. The van der Waals surface area contributed by atoms with Crippen molar-refractivity contribution in [3.05, 3.63) is 65.2 Å². The Kier molecular flexibility index (Phi) is 11.1. The average Bonchev–Trinajstić information content (AvgIpc) is 2.84. The number of phenols is 1. The Bertz CT molecular complexity index is 1130. The van der Waals surface area contributed by atoms with Gasteiger partial charge in [0.2, 0.25) is 11.8 Å². The van der Waals surface area contributed by atoms with Crippen molar-refractivity contribution in [2.24, 2.45) is 0 Å². The molecule has 3 amide bonds. The second-order valence-corrected chi connectivity index (χ2v) is 10.1. The molecule has 2 aromatic rings. The SMILES string of the molecule is CCCCNC(=O)C(c1ccccc1C)N(CC#N)C(=O)C(Cc1ccc(O)cc1)NC(=O)OC(C)(C)C. The molecule has 0 bridgehead atoms. The number of nitriles is 1. The van der Waals surface area contributed by atoms with Crippen molar-refractivity contribution in [2.75, 3.05) is 13.1 Å². The number of benzene rings is 2. The maximum Gasteiger partial charge on any atom is 0.408 e. The summed E-state index contributed by atoms with van der Waals surface area (Å²) in [4.78, 5) is 41.4. The van der Waals surface area contributed by atoms with E-state index < -0.39 is 35.6 Å². The fraction of sp³-hybridized carbons (Fsp3) is 0.448. The summed E-state index contributed by atoms with van der Waals surface area (Å²) in [7, 11) is 0. The van der Waals surface area contributed by atoms with E-state index in [0.717, 1.165) is 18.4 Å². The minimum Gasteiger partial charge on any atom is -0.508 e. The largest absolute Gasteiger partial charge is 0.508 e. The Morgan fingerprint density at radius 1 is 1.11 bits per heavy atom. The van der Waals surface area contributed by atoms with Gasteiger partial charge in [-0.25, -0.2) is 4.79 Å². The van der Waals surface area contributed by atoms with Gasteiger partial charge in [0.1, 0.15) is 30.0 Å². The number of unbranched alkanes of at least 4 members (excludes halogenated alkanes) is 1. The number of alkyl carbamates (subject to hydrolysis) is 1. The zero-order valence-electron chi connectivity index (χ0n) is 22.8. The Morgan fingerprint density at radius 3 is 2.34 bits per heavy atom. The second-order valence-electron chi connectivity index (χ2n) is 10.1. The van der Waals surface area contributed by atoms with Gasteiger partial charge in [-0.3, -0.25) is 9.59 Å². The van der Waals surface area contributed by atoms with E-state index in [0.29, 0.717) is 17.7 Å². The quantitative estimate of drug-likeness (QED) is 0.300.